The lowest BCUT2D eigenvalue weighted by Crippen LogP contribution is -2.48. The molecule has 0 amide bonds. The van der Waals surface area contributed by atoms with E-state index in [1.165, 1.54) is 0 Å². The molecule has 176 valence electrons. The van der Waals surface area contributed by atoms with E-state index in [9.17, 15) is 27.4 Å². The molecule has 0 aliphatic carbocycles. The number of esters is 3. The highest BCUT2D eigenvalue weighted by Crippen LogP contribution is 2.23. The summed E-state index contributed by atoms with van der Waals surface area (Å²) in [6.07, 6.45) is 0. The highest BCUT2D eigenvalue weighted by atomic mass is 32.2. The van der Waals surface area contributed by atoms with Gasteiger partial charge >= 0.3 is 17.9 Å². The van der Waals surface area contributed by atoms with E-state index in [-0.39, 0.29) is 19.8 Å². The molecule has 10 heteroatoms. The maximum Gasteiger partial charge on any atom is 0.328 e. The summed E-state index contributed by atoms with van der Waals surface area (Å²) >= 11 is 0. The van der Waals surface area contributed by atoms with Gasteiger partial charge in [0.2, 0.25) is 5.25 Å². The fourth-order valence-corrected chi connectivity index (χ4v) is 2.78. The van der Waals surface area contributed by atoms with Crippen molar-refractivity contribution in [2.75, 3.05) is 19.8 Å². The summed E-state index contributed by atoms with van der Waals surface area (Å²) in [6, 6.07) is 0. The molecule has 0 aromatic rings. The Morgan fingerprint density at radius 1 is 0.667 bits per heavy atom. The van der Waals surface area contributed by atoms with Crippen LogP contribution in [-0.4, -0.2) is 55.9 Å². The zero-order chi connectivity index (χ0) is 24.1. The van der Waals surface area contributed by atoms with Gasteiger partial charge in [0, 0.05) is 0 Å². The summed E-state index contributed by atoms with van der Waals surface area (Å²) in [5.74, 6) is -6.24. The Kier molecular flexibility index (Phi) is 9.52. The third-order valence-electron chi connectivity index (χ3n) is 3.31. The van der Waals surface area contributed by atoms with Gasteiger partial charge in [-0.05, 0) is 16.2 Å². The molecule has 1 atom stereocenters. The van der Waals surface area contributed by atoms with Crippen LogP contribution in [-0.2, 0) is 38.7 Å². The summed E-state index contributed by atoms with van der Waals surface area (Å²) in [5.41, 5.74) is -1.50. The van der Waals surface area contributed by atoms with Crippen LogP contribution in [0.1, 0.15) is 62.3 Å². The smallest absolute Gasteiger partial charge is 0.328 e. The lowest BCUT2D eigenvalue weighted by atomic mass is 9.97. The van der Waals surface area contributed by atoms with E-state index in [0.29, 0.717) is 0 Å². The van der Waals surface area contributed by atoms with Crippen molar-refractivity contribution in [2.45, 2.75) is 67.6 Å². The SMILES string of the molecule is CC(C)(C)COC(=O)C(C(=O)OCC(C)(C)C)C(C(=O)OCC(C)(C)C)S(=O)(=O)O. The normalized spacial score (nSPS) is 14.2. The number of rotatable bonds is 8. The zero-order valence-corrected chi connectivity index (χ0v) is 20.2. The van der Waals surface area contributed by atoms with E-state index in [1.54, 1.807) is 62.3 Å². The van der Waals surface area contributed by atoms with Crippen LogP contribution >= 0.6 is 0 Å². The van der Waals surface area contributed by atoms with Crippen LogP contribution in [0.3, 0.4) is 0 Å². The monoisotopic (exact) mass is 452 g/mol. The fourth-order valence-electron chi connectivity index (χ4n) is 1.90. The summed E-state index contributed by atoms with van der Waals surface area (Å²) in [6.45, 7) is 15.2. The Balaban J connectivity index is 5.99. The first kappa shape index (κ1) is 28.3. The second-order valence-electron chi connectivity index (χ2n) is 10.9. The summed E-state index contributed by atoms with van der Waals surface area (Å²) < 4.78 is 48.8. The van der Waals surface area contributed by atoms with E-state index < -0.39 is 55.4 Å². The molecule has 0 fully saturated rings. The lowest BCUT2D eigenvalue weighted by Gasteiger charge is -2.26. The highest BCUT2D eigenvalue weighted by molar-refractivity contribution is 7.87. The van der Waals surface area contributed by atoms with E-state index in [2.05, 4.69) is 0 Å². The topological polar surface area (TPSA) is 133 Å². The highest BCUT2D eigenvalue weighted by Gasteiger charge is 2.50. The van der Waals surface area contributed by atoms with Crippen LogP contribution in [0.2, 0.25) is 0 Å². The Labute approximate surface area is 179 Å². The third kappa shape index (κ3) is 11.5. The molecular formula is C20H36O9S. The zero-order valence-electron chi connectivity index (χ0n) is 19.4. The van der Waals surface area contributed by atoms with Crippen molar-refractivity contribution < 1.29 is 41.6 Å². The quantitative estimate of drug-likeness (QED) is 0.255. The Morgan fingerprint density at radius 2 is 0.933 bits per heavy atom. The van der Waals surface area contributed by atoms with Gasteiger partial charge in [-0.2, -0.15) is 8.42 Å². The minimum atomic E-state index is -5.20. The largest absolute Gasteiger partial charge is 0.464 e. The van der Waals surface area contributed by atoms with Crippen molar-refractivity contribution >= 4 is 28.0 Å². The minimum absolute atomic E-state index is 0.149. The van der Waals surface area contributed by atoms with Gasteiger partial charge in [-0.3, -0.25) is 18.9 Å². The molecule has 0 saturated heterocycles. The van der Waals surface area contributed by atoms with Crippen LogP contribution in [0.25, 0.3) is 0 Å². The van der Waals surface area contributed by atoms with Crippen LogP contribution in [0.4, 0.5) is 0 Å². The number of hydrogen-bond donors (Lipinski definition) is 1. The maximum absolute atomic E-state index is 12.6. The van der Waals surface area contributed by atoms with Crippen molar-refractivity contribution in [3.05, 3.63) is 0 Å². The maximum atomic E-state index is 12.6. The molecule has 1 unspecified atom stereocenters. The van der Waals surface area contributed by atoms with Crippen molar-refractivity contribution in [2.24, 2.45) is 22.2 Å². The van der Waals surface area contributed by atoms with Crippen molar-refractivity contribution in [1.29, 1.82) is 0 Å². The standard InChI is InChI=1S/C20H36O9S/c1-18(2,3)10-27-15(21)13(16(22)28-11-19(4,5)6)14(30(24,25)26)17(23)29-12-20(7,8)9/h13-14H,10-12H2,1-9H3,(H,24,25,26). The van der Waals surface area contributed by atoms with Crippen LogP contribution in [0.5, 0.6) is 0 Å². The summed E-state index contributed by atoms with van der Waals surface area (Å²) in [4.78, 5) is 37.8. The molecular weight excluding hydrogens is 416 g/mol. The van der Waals surface area contributed by atoms with E-state index in [0.717, 1.165) is 0 Å². The molecule has 0 bridgehead atoms. The average Bonchev–Trinajstić information content (AvgIpc) is 2.49. The molecule has 1 N–H and O–H groups in total. The van der Waals surface area contributed by atoms with E-state index >= 15 is 0 Å². The fraction of sp³-hybridized carbons (Fsp3) is 0.850. The number of carbonyl (C=O) groups is 3. The first-order chi connectivity index (χ1) is 13.1. The number of carbonyl (C=O) groups excluding carboxylic acids is 3. The minimum Gasteiger partial charge on any atom is -0.464 e. The van der Waals surface area contributed by atoms with Gasteiger partial charge in [0.15, 0.2) is 5.92 Å². The van der Waals surface area contributed by atoms with Gasteiger partial charge in [0.05, 0.1) is 19.8 Å². The molecule has 0 aromatic carbocycles. The molecule has 0 saturated carbocycles. The van der Waals surface area contributed by atoms with Crippen LogP contribution < -0.4 is 0 Å². The first-order valence-corrected chi connectivity index (χ1v) is 11.1. The van der Waals surface area contributed by atoms with Gasteiger partial charge in [-0.1, -0.05) is 62.3 Å². The molecule has 0 radical (unpaired) electrons. The summed E-state index contributed by atoms with van der Waals surface area (Å²) in [5, 5.41) is -2.50. The Morgan fingerprint density at radius 3 is 1.17 bits per heavy atom. The molecule has 0 aliphatic heterocycles. The van der Waals surface area contributed by atoms with Crippen molar-refractivity contribution in [1.82, 2.24) is 0 Å². The van der Waals surface area contributed by atoms with Crippen molar-refractivity contribution in [3.8, 4) is 0 Å². The van der Waals surface area contributed by atoms with Crippen LogP contribution in [0, 0.1) is 22.2 Å². The van der Waals surface area contributed by atoms with E-state index in [1.807, 2.05) is 0 Å². The van der Waals surface area contributed by atoms with Gasteiger partial charge in [0.25, 0.3) is 10.1 Å². The Hall–Kier alpha value is -1.68. The molecule has 0 aromatic heterocycles. The van der Waals surface area contributed by atoms with Gasteiger partial charge in [-0.25, -0.2) is 0 Å². The van der Waals surface area contributed by atoms with E-state index in [4.69, 9.17) is 14.2 Å². The predicted octanol–water partition coefficient (Wildman–Crippen LogP) is 2.63. The second kappa shape index (κ2) is 10.1. The third-order valence-corrected chi connectivity index (χ3v) is 4.41. The molecule has 0 rings (SSSR count). The molecule has 0 spiro atoms. The average molecular weight is 453 g/mol. The van der Waals surface area contributed by atoms with Crippen molar-refractivity contribution in [3.63, 3.8) is 0 Å². The summed E-state index contributed by atoms with van der Waals surface area (Å²) in [7, 11) is -5.20. The molecule has 0 aliphatic rings. The van der Waals surface area contributed by atoms with Crippen LogP contribution in [0.15, 0.2) is 0 Å². The predicted molar refractivity (Wildman–Crippen MR) is 110 cm³/mol. The van der Waals surface area contributed by atoms with Gasteiger partial charge in [-0.15, -0.1) is 0 Å². The Bertz CT molecular complexity index is 689. The molecule has 9 nitrogen and oxygen atoms in total. The molecule has 0 heterocycles. The lowest BCUT2D eigenvalue weighted by molar-refractivity contribution is -0.169. The molecule has 30 heavy (non-hydrogen) atoms. The number of ether oxygens (including phenoxy) is 3. The van der Waals surface area contributed by atoms with Gasteiger partial charge in [0.1, 0.15) is 0 Å². The second-order valence-corrected chi connectivity index (χ2v) is 12.5. The number of hydrogen-bond acceptors (Lipinski definition) is 8. The van der Waals surface area contributed by atoms with Gasteiger partial charge < -0.3 is 14.2 Å². The first-order valence-electron chi connectivity index (χ1n) is 9.60.